The Hall–Kier alpha value is -2.58. The minimum atomic E-state index is -0.272. The van der Waals surface area contributed by atoms with E-state index in [1.165, 1.54) is 23.5 Å². The molecule has 3 heterocycles. The molecule has 164 valence electrons. The summed E-state index contributed by atoms with van der Waals surface area (Å²) in [6.45, 7) is 11.4. The molecule has 6 nitrogen and oxygen atoms in total. The number of nitrogens with zero attached hydrogens (tertiary/aromatic N) is 4. The van der Waals surface area contributed by atoms with Gasteiger partial charge in [-0.05, 0) is 51.5 Å². The summed E-state index contributed by atoms with van der Waals surface area (Å²) in [6.07, 6.45) is 0. The van der Waals surface area contributed by atoms with Crippen LogP contribution in [0.2, 0.25) is 0 Å². The highest BCUT2D eigenvalue weighted by Gasteiger charge is 2.27. The fourth-order valence-corrected chi connectivity index (χ4v) is 5.06. The van der Waals surface area contributed by atoms with Crippen molar-refractivity contribution in [1.29, 1.82) is 0 Å². The van der Waals surface area contributed by atoms with E-state index in [0.717, 1.165) is 46.8 Å². The lowest BCUT2D eigenvalue weighted by atomic mass is 10.1. The van der Waals surface area contributed by atoms with E-state index in [0.29, 0.717) is 11.6 Å². The van der Waals surface area contributed by atoms with E-state index in [2.05, 4.69) is 10.2 Å². The molecule has 8 heteroatoms. The fraction of sp³-hybridized carbons (Fsp3) is 0.435. The number of anilines is 1. The molecule has 3 aromatic rings. The van der Waals surface area contributed by atoms with Crippen LogP contribution in [0.4, 0.5) is 10.3 Å². The van der Waals surface area contributed by atoms with Gasteiger partial charge in [0.25, 0.3) is 5.91 Å². The van der Waals surface area contributed by atoms with Gasteiger partial charge in [0.05, 0.1) is 0 Å². The molecule has 0 atom stereocenters. The lowest BCUT2D eigenvalue weighted by molar-refractivity contribution is 0.0640. The van der Waals surface area contributed by atoms with Crippen molar-refractivity contribution in [2.24, 2.45) is 0 Å². The zero-order valence-electron chi connectivity index (χ0n) is 18.4. The predicted octanol–water partition coefficient (Wildman–Crippen LogP) is 4.17. The Morgan fingerprint density at radius 1 is 1.10 bits per heavy atom. The van der Waals surface area contributed by atoms with E-state index >= 15 is 0 Å². The first-order valence-corrected chi connectivity index (χ1v) is 11.5. The standard InChI is InChI=1S/C23H28FN5OS/c1-14(2)29(15(3)4)22(30)20-18-13-19(16-5-7-17(24)8-6-16)31-21(18)27-23(26-20)28-11-9-25-10-12-28/h5-8,13-15,25H,9-12H2,1-4H3. The number of thiophene rings is 1. The number of benzene rings is 1. The van der Waals surface area contributed by atoms with E-state index in [1.54, 1.807) is 12.1 Å². The summed E-state index contributed by atoms with van der Waals surface area (Å²) < 4.78 is 13.4. The van der Waals surface area contributed by atoms with Crippen LogP contribution in [-0.2, 0) is 0 Å². The van der Waals surface area contributed by atoms with Crippen LogP contribution in [0.15, 0.2) is 30.3 Å². The molecular formula is C23H28FN5OS. The zero-order valence-corrected chi connectivity index (χ0v) is 19.2. The molecule has 0 saturated carbocycles. The van der Waals surface area contributed by atoms with Gasteiger partial charge >= 0.3 is 0 Å². The van der Waals surface area contributed by atoms with Crippen molar-refractivity contribution in [2.45, 2.75) is 39.8 Å². The molecule has 31 heavy (non-hydrogen) atoms. The number of carbonyl (C=O) groups is 1. The molecular weight excluding hydrogens is 413 g/mol. The van der Waals surface area contributed by atoms with Crippen LogP contribution in [0, 0.1) is 5.82 Å². The molecule has 1 aliphatic rings. The lowest BCUT2D eigenvalue weighted by Crippen LogP contribution is -2.45. The van der Waals surface area contributed by atoms with Crippen molar-refractivity contribution in [3.05, 3.63) is 41.8 Å². The van der Waals surface area contributed by atoms with Crippen molar-refractivity contribution in [1.82, 2.24) is 20.2 Å². The smallest absolute Gasteiger partial charge is 0.273 e. The number of aromatic nitrogens is 2. The average molecular weight is 442 g/mol. The third-order valence-electron chi connectivity index (χ3n) is 5.46. The number of carbonyl (C=O) groups excluding carboxylic acids is 1. The molecule has 1 aromatic carbocycles. The number of halogens is 1. The summed E-state index contributed by atoms with van der Waals surface area (Å²) in [4.78, 5) is 28.9. The van der Waals surface area contributed by atoms with Gasteiger partial charge in [0.1, 0.15) is 16.3 Å². The second-order valence-electron chi connectivity index (χ2n) is 8.35. The minimum Gasteiger partial charge on any atom is -0.338 e. The Bertz CT molecular complexity index is 1070. The summed E-state index contributed by atoms with van der Waals surface area (Å²) in [6, 6.07) is 8.46. The minimum absolute atomic E-state index is 0.0513. The summed E-state index contributed by atoms with van der Waals surface area (Å²) in [7, 11) is 0. The molecule has 1 N–H and O–H groups in total. The van der Waals surface area contributed by atoms with Gasteiger partial charge in [0.2, 0.25) is 5.95 Å². The number of nitrogens with one attached hydrogen (secondary N) is 1. The molecule has 1 saturated heterocycles. The molecule has 0 unspecified atom stereocenters. The van der Waals surface area contributed by atoms with Crippen molar-refractivity contribution < 1.29 is 9.18 Å². The van der Waals surface area contributed by atoms with Crippen LogP contribution in [0.25, 0.3) is 20.7 Å². The van der Waals surface area contributed by atoms with Crippen LogP contribution in [0.1, 0.15) is 38.2 Å². The van der Waals surface area contributed by atoms with Crippen LogP contribution in [0.3, 0.4) is 0 Å². The monoisotopic (exact) mass is 441 g/mol. The molecule has 1 aliphatic heterocycles. The Balaban J connectivity index is 1.86. The normalized spacial score (nSPS) is 14.6. The molecule has 0 spiro atoms. The Kier molecular flexibility index (Phi) is 6.20. The van der Waals surface area contributed by atoms with Gasteiger partial charge in [-0.15, -0.1) is 11.3 Å². The van der Waals surface area contributed by atoms with E-state index in [-0.39, 0.29) is 23.8 Å². The topological polar surface area (TPSA) is 61.4 Å². The quantitative estimate of drug-likeness (QED) is 0.644. The van der Waals surface area contributed by atoms with Crippen LogP contribution < -0.4 is 10.2 Å². The number of hydrogen-bond donors (Lipinski definition) is 1. The average Bonchev–Trinajstić information content (AvgIpc) is 3.17. The van der Waals surface area contributed by atoms with Gasteiger partial charge in [-0.1, -0.05) is 12.1 Å². The SMILES string of the molecule is CC(C)N(C(=O)c1nc(N2CCNCC2)nc2sc(-c3ccc(F)cc3)cc12)C(C)C. The molecule has 1 fully saturated rings. The first-order valence-electron chi connectivity index (χ1n) is 10.7. The summed E-state index contributed by atoms with van der Waals surface area (Å²) >= 11 is 1.51. The molecule has 4 rings (SSSR count). The third kappa shape index (κ3) is 4.41. The van der Waals surface area contributed by atoms with Gasteiger partial charge in [0, 0.05) is 48.5 Å². The zero-order chi connectivity index (χ0) is 22.1. The van der Waals surface area contributed by atoms with Crippen molar-refractivity contribution in [3.8, 4) is 10.4 Å². The summed E-state index contributed by atoms with van der Waals surface area (Å²) in [5.41, 5.74) is 1.33. The van der Waals surface area contributed by atoms with Gasteiger partial charge in [0.15, 0.2) is 0 Å². The molecule has 2 aromatic heterocycles. The van der Waals surface area contributed by atoms with E-state index in [4.69, 9.17) is 9.97 Å². The maximum atomic E-state index is 13.6. The fourth-order valence-electron chi connectivity index (χ4n) is 4.02. The first-order chi connectivity index (χ1) is 14.8. The van der Waals surface area contributed by atoms with Crippen LogP contribution in [-0.4, -0.2) is 59.0 Å². The number of fused-ring (bicyclic) bond motifs is 1. The highest BCUT2D eigenvalue weighted by atomic mass is 32.1. The van der Waals surface area contributed by atoms with Crippen LogP contribution >= 0.6 is 11.3 Å². The maximum absolute atomic E-state index is 13.6. The number of rotatable bonds is 5. The first kappa shape index (κ1) is 21.6. The van der Waals surface area contributed by atoms with Crippen LogP contribution in [0.5, 0.6) is 0 Å². The molecule has 1 amide bonds. The lowest BCUT2D eigenvalue weighted by Gasteiger charge is -2.31. The highest BCUT2D eigenvalue weighted by Crippen LogP contribution is 2.35. The number of hydrogen-bond acceptors (Lipinski definition) is 6. The summed E-state index contributed by atoms with van der Waals surface area (Å²) in [5.74, 6) is 0.237. The Labute approximate surface area is 186 Å². The third-order valence-corrected chi connectivity index (χ3v) is 6.54. The highest BCUT2D eigenvalue weighted by molar-refractivity contribution is 7.21. The van der Waals surface area contributed by atoms with Crippen molar-refractivity contribution >= 4 is 33.4 Å². The Morgan fingerprint density at radius 3 is 2.35 bits per heavy atom. The van der Waals surface area contributed by atoms with Gasteiger partial charge in [-0.25, -0.2) is 14.4 Å². The van der Waals surface area contributed by atoms with E-state index < -0.39 is 0 Å². The van der Waals surface area contributed by atoms with Gasteiger partial charge in [-0.3, -0.25) is 4.79 Å². The summed E-state index contributed by atoms with van der Waals surface area (Å²) in [5, 5.41) is 4.09. The van der Waals surface area contributed by atoms with Crippen molar-refractivity contribution in [3.63, 3.8) is 0 Å². The van der Waals surface area contributed by atoms with Gasteiger partial charge < -0.3 is 15.1 Å². The van der Waals surface area contributed by atoms with Gasteiger partial charge in [-0.2, -0.15) is 0 Å². The number of amides is 1. The largest absolute Gasteiger partial charge is 0.338 e. The number of piperazine rings is 1. The second kappa shape index (κ2) is 8.88. The molecule has 0 radical (unpaired) electrons. The van der Waals surface area contributed by atoms with E-state index in [9.17, 15) is 9.18 Å². The predicted molar refractivity (Wildman–Crippen MR) is 124 cm³/mol. The maximum Gasteiger partial charge on any atom is 0.273 e. The van der Waals surface area contributed by atoms with E-state index in [1.807, 2.05) is 38.7 Å². The molecule has 0 aliphatic carbocycles. The molecule has 0 bridgehead atoms. The second-order valence-corrected chi connectivity index (χ2v) is 9.38. The Morgan fingerprint density at radius 2 is 1.74 bits per heavy atom. The van der Waals surface area contributed by atoms with Crippen molar-refractivity contribution in [2.75, 3.05) is 31.1 Å².